The Kier molecular flexibility index (Phi) is 8.20. The first-order chi connectivity index (χ1) is 16.6. The SMILES string of the molecule is CCN(CCNC(=O)C1CCCN(c2ccnc(-c3cccc(F)c3)n2)C1)Cc1ccccc1. The van der Waals surface area contributed by atoms with Gasteiger partial charge in [0.15, 0.2) is 5.82 Å². The Morgan fingerprint density at radius 2 is 2.03 bits per heavy atom. The number of anilines is 1. The van der Waals surface area contributed by atoms with Crippen molar-refractivity contribution in [2.75, 3.05) is 37.6 Å². The van der Waals surface area contributed by atoms with Gasteiger partial charge in [-0.25, -0.2) is 14.4 Å². The van der Waals surface area contributed by atoms with E-state index in [4.69, 9.17) is 0 Å². The second-order valence-corrected chi connectivity index (χ2v) is 8.68. The molecule has 1 unspecified atom stereocenters. The molecule has 1 aliphatic heterocycles. The fourth-order valence-corrected chi connectivity index (χ4v) is 4.36. The Morgan fingerprint density at radius 3 is 2.82 bits per heavy atom. The summed E-state index contributed by atoms with van der Waals surface area (Å²) < 4.78 is 13.6. The van der Waals surface area contributed by atoms with E-state index in [0.717, 1.165) is 44.8 Å². The van der Waals surface area contributed by atoms with Crippen molar-refractivity contribution in [2.24, 2.45) is 5.92 Å². The van der Waals surface area contributed by atoms with Crippen molar-refractivity contribution in [1.29, 1.82) is 0 Å². The van der Waals surface area contributed by atoms with Crippen molar-refractivity contribution >= 4 is 11.7 Å². The summed E-state index contributed by atoms with van der Waals surface area (Å²) >= 11 is 0. The topological polar surface area (TPSA) is 61.4 Å². The molecule has 34 heavy (non-hydrogen) atoms. The summed E-state index contributed by atoms with van der Waals surface area (Å²) in [5.74, 6) is 0.963. The predicted octanol–water partition coefficient (Wildman–Crippen LogP) is 4.14. The van der Waals surface area contributed by atoms with Crippen molar-refractivity contribution in [3.05, 3.63) is 78.2 Å². The molecule has 4 rings (SSSR count). The van der Waals surface area contributed by atoms with Crippen LogP contribution in [0.4, 0.5) is 10.2 Å². The zero-order valence-electron chi connectivity index (χ0n) is 19.7. The molecule has 2 aromatic carbocycles. The van der Waals surface area contributed by atoms with Gasteiger partial charge in [-0.3, -0.25) is 9.69 Å². The molecule has 1 saturated heterocycles. The number of rotatable bonds is 9. The smallest absolute Gasteiger partial charge is 0.224 e. The first-order valence-electron chi connectivity index (χ1n) is 12.0. The highest BCUT2D eigenvalue weighted by atomic mass is 19.1. The molecule has 0 saturated carbocycles. The zero-order chi connectivity index (χ0) is 23.8. The van der Waals surface area contributed by atoms with Crippen LogP contribution in [-0.4, -0.2) is 53.5 Å². The summed E-state index contributed by atoms with van der Waals surface area (Å²) in [6.45, 7) is 6.86. The average Bonchev–Trinajstić information content (AvgIpc) is 2.89. The molecule has 178 valence electrons. The fraction of sp³-hybridized carbons (Fsp3) is 0.370. The van der Waals surface area contributed by atoms with Gasteiger partial charge in [-0.05, 0) is 43.1 Å². The summed E-state index contributed by atoms with van der Waals surface area (Å²) in [6, 6.07) is 18.5. The van der Waals surface area contributed by atoms with Crippen LogP contribution in [0.2, 0.25) is 0 Å². The molecule has 0 radical (unpaired) electrons. The number of benzene rings is 2. The van der Waals surface area contributed by atoms with Crippen LogP contribution in [0.5, 0.6) is 0 Å². The van der Waals surface area contributed by atoms with Gasteiger partial charge in [0.2, 0.25) is 5.91 Å². The molecule has 6 nitrogen and oxygen atoms in total. The van der Waals surface area contributed by atoms with Gasteiger partial charge in [0.25, 0.3) is 0 Å². The van der Waals surface area contributed by atoms with Gasteiger partial charge in [-0.2, -0.15) is 0 Å². The van der Waals surface area contributed by atoms with Crippen molar-refractivity contribution < 1.29 is 9.18 Å². The van der Waals surface area contributed by atoms with E-state index in [1.165, 1.54) is 17.7 Å². The Morgan fingerprint density at radius 1 is 1.18 bits per heavy atom. The molecule has 1 fully saturated rings. The maximum absolute atomic E-state index is 13.6. The van der Waals surface area contributed by atoms with Crippen LogP contribution in [0.1, 0.15) is 25.3 Å². The predicted molar refractivity (Wildman–Crippen MR) is 133 cm³/mol. The largest absolute Gasteiger partial charge is 0.356 e. The third kappa shape index (κ3) is 6.38. The van der Waals surface area contributed by atoms with E-state index in [2.05, 4.69) is 56.3 Å². The van der Waals surface area contributed by atoms with Crippen LogP contribution in [0, 0.1) is 11.7 Å². The van der Waals surface area contributed by atoms with Gasteiger partial charge in [-0.15, -0.1) is 0 Å². The monoisotopic (exact) mass is 461 g/mol. The molecule has 1 atom stereocenters. The van der Waals surface area contributed by atoms with Crippen LogP contribution in [0.15, 0.2) is 66.9 Å². The van der Waals surface area contributed by atoms with Gasteiger partial charge in [0.05, 0.1) is 5.92 Å². The number of nitrogens with one attached hydrogen (secondary N) is 1. The average molecular weight is 462 g/mol. The highest BCUT2D eigenvalue weighted by molar-refractivity contribution is 5.79. The third-order valence-electron chi connectivity index (χ3n) is 6.26. The molecule has 3 aromatic rings. The lowest BCUT2D eigenvalue weighted by atomic mass is 9.97. The van der Waals surface area contributed by atoms with Crippen molar-refractivity contribution in [3.8, 4) is 11.4 Å². The molecular formula is C27H32FN5O. The lowest BCUT2D eigenvalue weighted by Crippen LogP contribution is -2.45. The summed E-state index contributed by atoms with van der Waals surface area (Å²) in [5, 5.41) is 3.14. The molecule has 0 spiro atoms. The number of piperidine rings is 1. The van der Waals surface area contributed by atoms with Crippen LogP contribution in [0.25, 0.3) is 11.4 Å². The zero-order valence-corrected chi connectivity index (χ0v) is 19.7. The second-order valence-electron chi connectivity index (χ2n) is 8.68. The Hall–Kier alpha value is -3.32. The summed E-state index contributed by atoms with van der Waals surface area (Å²) in [4.78, 5) is 26.3. The number of hydrogen-bond donors (Lipinski definition) is 1. The summed E-state index contributed by atoms with van der Waals surface area (Å²) in [5.41, 5.74) is 1.92. The van der Waals surface area contributed by atoms with Crippen molar-refractivity contribution in [2.45, 2.75) is 26.3 Å². The fourth-order valence-electron chi connectivity index (χ4n) is 4.36. The van der Waals surface area contributed by atoms with Gasteiger partial charge >= 0.3 is 0 Å². The molecule has 2 heterocycles. The lowest BCUT2D eigenvalue weighted by Gasteiger charge is -2.33. The van der Waals surface area contributed by atoms with Gasteiger partial charge in [0.1, 0.15) is 11.6 Å². The minimum Gasteiger partial charge on any atom is -0.356 e. The second kappa shape index (κ2) is 11.7. The number of halogens is 1. The van der Waals surface area contributed by atoms with E-state index in [9.17, 15) is 9.18 Å². The minimum atomic E-state index is -0.313. The van der Waals surface area contributed by atoms with Crippen LogP contribution >= 0.6 is 0 Å². The first-order valence-corrected chi connectivity index (χ1v) is 12.0. The number of hydrogen-bond acceptors (Lipinski definition) is 5. The number of carbonyl (C=O) groups excluding carboxylic acids is 1. The standard InChI is InChI=1S/C27H32FN5O/c1-2-32(19-21-8-4-3-5-9-21)17-15-30-27(34)23-11-7-16-33(20-23)25-13-14-29-26(31-25)22-10-6-12-24(28)18-22/h3-6,8-10,12-14,18,23H,2,7,11,15-17,19-20H2,1H3,(H,30,34). The van der Waals surface area contributed by atoms with Crippen LogP contribution in [-0.2, 0) is 11.3 Å². The number of amides is 1. The van der Waals surface area contributed by atoms with Gasteiger partial charge < -0.3 is 10.2 Å². The van der Waals surface area contributed by atoms with Crippen molar-refractivity contribution in [1.82, 2.24) is 20.2 Å². The Balaban J connectivity index is 1.31. The lowest BCUT2D eigenvalue weighted by molar-refractivity contribution is -0.125. The number of carbonyl (C=O) groups is 1. The highest BCUT2D eigenvalue weighted by Crippen LogP contribution is 2.24. The normalized spacial score (nSPS) is 16.0. The van der Waals surface area contributed by atoms with E-state index in [1.54, 1.807) is 18.3 Å². The number of nitrogens with zero attached hydrogens (tertiary/aromatic N) is 4. The van der Waals surface area contributed by atoms with E-state index in [1.807, 2.05) is 12.1 Å². The minimum absolute atomic E-state index is 0.0782. The molecule has 1 aromatic heterocycles. The highest BCUT2D eigenvalue weighted by Gasteiger charge is 2.26. The van der Waals surface area contributed by atoms with Crippen LogP contribution < -0.4 is 10.2 Å². The quantitative estimate of drug-likeness (QED) is 0.519. The van der Waals surface area contributed by atoms with E-state index in [-0.39, 0.29) is 17.6 Å². The summed E-state index contributed by atoms with van der Waals surface area (Å²) in [7, 11) is 0. The molecular weight excluding hydrogens is 429 g/mol. The molecule has 1 N–H and O–H groups in total. The molecule has 1 aliphatic rings. The van der Waals surface area contributed by atoms with Crippen molar-refractivity contribution in [3.63, 3.8) is 0 Å². The Labute approximate surface area is 200 Å². The molecule has 0 aliphatic carbocycles. The summed E-state index contributed by atoms with van der Waals surface area (Å²) in [6.07, 6.45) is 3.48. The van der Waals surface area contributed by atoms with E-state index in [0.29, 0.717) is 24.5 Å². The van der Waals surface area contributed by atoms with Gasteiger partial charge in [-0.1, -0.05) is 49.4 Å². The molecule has 7 heteroatoms. The molecule has 0 bridgehead atoms. The van der Waals surface area contributed by atoms with Crippen LogP contribution in [0.3, 0.4) is 0 Å². The van der Waals surface area contributed by atoms with E-state index >= 15 is 0 Å². The maximum Gasteiger partial charge on any atom is 0.224 e. The number of aromatic nitrogens is 2. The Bertz CT molecular complexity index is 1080. The first kappa shape index (κ1) is 23.8. The third-order valence-corrected chi connectivity index (χ3v) is 6.26. The van der Waals surface area contributed by atoms with Gasteiger partial charge in [0, 0.05) is 44.5 Å². The maximum atomic E-state index is 13.6. The molecule has 1 amide bonds. The van der Waals surface area contributed by atoms with E-state index < -0.39 is 0 Å². The number of likely N-dealkylation sites (N-methyl/N-ethyl adjacent to an activating group) is 1.